The van der Waals surface area contributed by atoms with Crippen molar-refractivity contribution in [3.63, 3.8) is 0 Å². The van der Waals surface area contributed by atoms with Gasteiger partial charge in [-0.3, -0.25) is 0 Å². The predicted octanol–water partition coefficient (Wildman–Crippen LogP) is 4.31. The smallest absolute Gasteiger partial charge is 0.339 e. The Bertz CT molecular complexity index is 682. The van der Waals surface area contributed by atoms with Gasteiger partial charge >= 0.3 is 5.97 Å². The molecule has 2 aliphatic rings. The highest BCUT2D eigenvalue weighted by atomic mass is 16.6. The summed E-state index contributed by atoms with van der Waals surface area (Å²) in [6.07, 6.45) is 10.0. The highest BCUT2D eigenvalue weighted by Crippen LogP contribution is 2.37. The lowest BCUT2D eigenvalue weighted by Gasteiger charge is -2.24. The van der Waals surface area contributed by atoms with E-state index in [0.29, 0.717) is 5.57 Å². The van der Waals surface area contributed by atoms with Gasteiger partial charge in [-0.05, 0) is 62.0 Å². The molecule has 0 radical (unpaired) electrons. The summed E-state index contributed by atoms with van der Waals surface area (Å²) in [5, 5.41) is 0. The second-order valence-corrected chi connectivity index (χ2v) is 6.48. The molecule has 2 heteroatoms. The van der Waals surface area contributed by atoms with Gasteiger partial charge in [-0.25, -0.2) is 4.79 Å². The first kappa shape index (κ1) is 13.9. The van der Waals surface area contributed by atoms with Gasteiger partial charge < -0.3 is 4.74 Å². The molecule has 0 unspecified atom stereocenters. The quantitative estimate of drug-likeness (QED) is 0.716. The van der Waals surface area contributed by atoms with E-state index in [-0.39, 0.29) is 5.97 Å². The van der Waals surface area contributed by atoms with Crippen molar-refractivity contribution >= 4 is 17.6 Å². The zero-order valence-electron chi connectivity index (χ0n) is 12.8. The molecule has 0 N–H and O–H groups in total. The third-order valence-corrected chi connectivity index (χ3v) is 3.66. The van der Waals surface area contributed by atoms with E-state index in [1.807, 2.05) is 32.9 Å². The maximum Gasteiger partial charge on any atom is 0.339 e. The average molecular weight is 280 g/mol. The molecule has 0 spiro atoms. The monoisotopic (exact) mass is 280 g/mol. The standard InChI is InChI=1S/C19H20O2/c1-19(2,3)21-18(20)16-12-6-10-14-8-4-7-13-9-5-11-15(16)17(13)14/h4,6-8,10-12H,5,9H2,1-3H3. The van der Waals surface area contributed by atoms with Gasteiger partial charge in [0.25, 0.3) is 0 Å². The van der Waals surface area contributed by atoms with E-state index in [4.69, 9.17) is 4.74 Å². The summed E-state index contributed by atoms with van der Waals surface area (Å²) in [5.74, 6) is -0.247. The summed E-state index contributed by atoms with van der Waals surface area (Å²) >= 11 is 0. The van der Waals surface area contributed by atoms with E-state index in [1.165, 1.54) is 16.7 Å². The lowest BCUT2D eigenvalue weighted by Crippen LogP contribution is -2.25. The zero-order valence-corrected chi connectivity index (χ0v) is 12.8. The summed E-state index contributed by atoms with van der Waals surface area (Å²) in [6.45, 7) is 5.69. The predicted molar refractivity (Wildman–Crippen MR) is 85.7 cm³/mol. The van der Waals surface area contributed by atoms with Gasteiger partial charge in [0, 0.05) is 0 Å². The Hall–Kier alpha value is -2.09. The summed E-state index contributed by atoms with van der Waals surface area (Å²) in [4.78, 5) is 12.5. The van der Waals surface area contributed by atoms with Crippen LogP contribution >= 0.6 is 0 Å². The fourth-order valence-corrected chi connectivity index (χ4v) is 2.86. The van der Waals surface area contributed by atoms with Crippen LogP contribution in [-0.2, 0) is 16.0 Å². The SMILES string of the molecule is CC(C)(C)OC(=O)C1=CC=Cc2cccc3c2C1=CCC3. The molecule has 0 aliphatic heterocycles. The molecular formula is C19H20O2. The van der Waals surface area contributed by atoms with E-state index in [1.54, 1.807) is 0 Å². The minimum atomic E-state index is -0.481. The van der Waals surface area contributed by atoms with Crippen LogP contribution in [0.4, 0.5) is 0 Å². The molecule has 0 aromatic heterocycles. The number of rotatable bonds is 1. The van der Waals surface area contributed by atoms with Crippen molar-refractivity contribution in [3.05, 3.63) is 58.7 Å². The Morgan fingerprint density at radius 1 is 1.24 bits per heavy atom. The first-order chi connectivity index (χ1) is 9.96. The van der Waals surface area contributed by atoms with Gasteiger partial charge in [0.05, 0.1) is 5.57 Å². The molecule has 3 rings (SSSR count). The van der Waals surface area contributed by atoms with Crippen LogP contribution < -0.4 is 0 Å². The first-order valence-corrected chi connectivity index (χ1v) is 7.40. The molecule has 0 saturated carbocycles. The number of aryl methyl sites for hydroxylation is 1. The fourth-order valence-electron chi connectivity index (χ4n) is 2.86. The van der Waals surface area contributed by atoms with Crippen LogP contribution in [0.25, 0.3) is 11.6 Å². The first-order valence-electron chi connectivity index (χ1n) is 7.40. The molecule has 1 aromatic carbocycles. The summed E-state index contributed by atoms with van der Waals surface area (Å²) in [7, 11) is 0. The largest absolute Gasteiger partial charge is 0.456 e. The lowest BCUT2D eigenvalue weighted by molar-refractivity contribution is -0.149. The number of esters is 1. The molecule has 0 heterocycles. The number of hydrogen-bond donors (Lipinski definition) is 0. The maximum absolute atomic E-state index is 12.5. The van der Waals surface area contributed by atoms with Crippen LogP contribution in [0.2, 0.25) is 0 Å². The van der Waals surface area contributed by atoms with E-state index in [2.05, 4.69) is 30.4 Å². The van der Waals surface area contributed by atoms with Crippen molar-refractivity contribution in [1.82, 2.24) is 0 Å². The van der Waals surface area contributed by atoms with E-state index < -0.39 is 5.60 Å². The van der Waals surface area contributed by atoms with Crippen molar-refractivity contribution in [2.24, 2.45) is 0 Å². The van der Waals surface area contributed by atoms with Gasteiger partial charge in [0.2, 0.25) is 0 Å². The Kier molecular flexibility index (Phi) is 3.32. The molecule has 1 aromatic rings. The number of carbonyl (C=O) groups excluding carboxylic acids is 1. The van der Waals surface area contributed by atoms with Crippen molar-refractivity contribution in [3.8, 4) is 0 Å². The van der Waals surface area contributed by atoms with Crippen LogP contribution in [0.5, 0.6) is 0 Å². The van der Waals surface area contributed by atoms with E-state index in [9.17, 15) is 4.79 Å². The molecule has 2 aliphatic carbocycles. The van der Waals surface area contributed by atoms with Crippen LogP contribution in [0.3, 0.4) is 0 Å². The fraction of sp³-hybridized carbons (Fsp3) is 0.316. The van der Waals surface area contributed by atoms with Gasteiger partial charge in [-0.15, -0.1) is 0 Å². The number of benzene rings is 1. The molecule has 108 valence electrons. The summed E-state index contributed by atoms with van der Waals surface area (Å²) in [5.41, 5.74) is 4.87. The number of allylic oxidation sites excluding steroid dienone is 3. The van der Waals surface area contributed by atoms with Crippen molar-refractivity contribution < 1.29 is 9.53 Å². The zero-order chi connectivity index (χ0) is 15.0. The second-order valence-electron chi connectivity index (χ2n) is 6.48. The summed E-state index contributed by atoms with van der Waals surface area (Å²) < 4.78 is 5.56. The Balaban J connectivity index is 2.06. The highest BCUT2D eigenvalue weighted by Gasteiger charge is 2.27. The molecular weight excluding hydrogens is 260 g/mol. The average Bonchev–Trinajstić information content (AvgIpc) is 2.59. The molecule has 0 saturated heterocycles. The molecule has 21 heavy (non-hydrogen) atoms. The van der Waals surface area contributed by atoms with Crippen LogP contribution in [0, 0.1) is 0 Å². The molecule has 0 fully saturated rings. The lowest BCUT2D eigenvalue weighted by atomic mass is 9.84. The van der Waals surface area contributed by atoms with Gasteiger partial charge in [-0.2, -0.15) is 0 Å². The van der Waals surface area contributed by atoms with Crippen molar-refractivity contribution in [2.75, 3.05) is 0 Å². The van der Waals surface area contributed by atoms with Crippen molar-refractivity contribution in [2.45, 2.75) is 39.2 Å². The molecule has 0 amide bonds. The molecule has 0 bridgehead atoms. The Labute approximate surface area is 125 Å². The maximum atomic E-state index is 12.5. The Morgan fingerprint density at radius 3 is 2.81 bits per heavy atom. The normalized spacial score (nSPS) is 16.5. The van der Waals surface area contributed by atoms with E-state index in [0.717, 1.165) is 18.4 Å². The van der Waals surface area contributed by atoms with Gasteiger partial charge in [0.15, 0.2) is 0 Å². The summed E-state index contributed by atoms with van der Waals surface area (Å²) in [6, 6.07) is 6.33. The minimum absolute atomic E-state index is 0.247. The van der Waals surface area contributed by atoms with Crippen LogP contribution in [0.15, 0.2) is 42.0 Å². The third-order valence-electron chi connectivity index (χ3n) is 3.66. The molecule has 0 atom stereocenters. The van der Waals surface area contributed by atoms with Gasteiger partial charge in [-0.1, -0.05) is 36.4 Å². The highest BCUT2D eigenvalue weighted by molar-refractivity contribution is 6.09. The number of carbonyl (C=O) groups is 1. The van der Waals surface area contributed by atoms with Crippen molar-refractivity contribution in [1.29, 1.82) is 0 Å². The van der Waals surface area contributed by atoms with Gasteiger partial charge in [0.1, 0.15) is 5.60 Å². The van der Waals surface area contributed by atoms with Crippen LogP contribution in [-0.4, -0.2) is 11.6 Å². The molecule has 2 nitrogen and oxygen atoms in total. The number of ether oxygens (including phenoxy) is 1. The number of hydrogen-bond acceptors (Lipinski definition) is 2. The Morgan fingerprint density at radius 2 is 2.05 bits per heavy atom. The van der Waals surface area contributed by atoms with E-state index >= 15 is 0 Å². The topological polar surface area (TPSA) is 26.3 Å². The minimum Gasteiger partial charge on any atom is -0.456 e. The van der Waals surface area contributed by atoms with Crippen LogP contribution in [0.1, 0.15) is 43.9 Å². The third kappa shape index (κ3) is 2.71. The second kappa shape index (κ2) is 5.03.